The number of aryl methyl sites for hydroxylation is 1. The van der Waals surface area contributed by atoms with E-state index in [4.69, 9.17) is 4.74 Å². The van der Waals surface area contributed by atoms with Gasteiger partial charge in [-0.3, -0.25) is 9.69 Å². The zero-order valence-corrected chi connectivity index (χ0v) is 14.9. The van der Waals surface area contributed by atoms with E-state index in [-0.39, 0.29) is 11.5 Å². The van der Waals surface area contributed by atoms with Crippen molar-refractivity contribution in [2.45, 2.75) is 51.7 Å². The number of nitrogens with zero attached hydrogens (tertiary/aromatic N) is 2. The Morgan fingerprint density at radius 1 is 1.33 bits per heavy atom. The van der Waals surface area contributed by atoms with Crippen molar-refractivity contribution in [3.8, 4) is 5.75 Å². The maximum absolute atomic E-state index is 12.2. The highest BCUT2D eigenvalue weighted by atomic mass is 16.5. The third-order valence-corrected chi connectivity index (χ3v) is 5.66. The van der Waals surface area contributed by atoms with Gasteiger partial charge in [-0.25, -0.2) is 0 Å². The van der Waals surface area contributed by atoms with Crippen LogP contribution in [0.5, 0.6) is 5.75 Å². The molecule has 0 radical (unpaired) electrons. The second-order valence-corrected chi connectivity index (χ2v) is 8.05. The molecule has 1 amide bonds. The molecule has 0 aromatic heterocycles. The number of benzene rings is 1. The largest absolute Gasteiger partial charge is 0.484 e. The first kappa shape index (κ1) is 15.9. The Hall–Kier alpha value is -1.55. The van der Waals surface area contributed by atoms with Gasteiger partial charge in [-0.05, 0) is 51.1 Å². The molecule has 4 rings (SSSR count). The van der Waals surface area contributed by atoms with Crippen molar-refractivity contribution in [1.29, 1.82) is 0 Å². The monoisotopic (exact) mass is 328 g/mol. The fourth-order valence-electron chi connectivity index (χ4n) is 4.25. The molecule has 4 nitrogen and oxygen atoms in total. The lowest BCUT2D eigenvalue weighted by Gasteiger charge is -2.43. The molecule has 130 valence electrons. The molecule has 1 saturated carbocycles. The van der Waals surface area contributed by atoms with Crippen molar-refractivity contribution < 1.29 is 9.53 Å². The molecule has 0 bridgehead atoms. The van der Waals surface area contributed by atoms with Crippen LogP contribution in [0.25, 0.3) is 0 Å². The zero-order chi connectivity index (χ0) is 16.7. The van der Waals surface area contributed by atoms with Crippen LogP contribution in [-0.2, 0) is 11.3 Å². The number of ether oxygens (including phenoxy) is 1. The Morgan fingerprint density at radius 3 is 2.92 bits per heavy atom. The van der Waals surface area contributed by atoms with Crippen molar-refractivity contribution in [2.75, 3.05) is 26.2 Å². The number of piperidine rings is 1. The van der Waals surface area contributed by atoms with E-state index in [1.54, 1.807) is 6.92 Å². The smallest absolute Gasteiger partial charge is 0.219 e. The molecule has 1 aliphatic carbocycles. The first-order chi connectivity index (χ1) is 11.5. The number of rotatable bonds is 2. The first-order valence-corrected chi connectivity index (χ1v) is 9.29. The minimum absolute atomic E-state index is 0.145. The summed E-state index contributed by atoms with van der Waals surface area (Å²) in [5.74, 6) is 2.01. The molecular weight excluding hydrogens is 300 g/mol. The van der Waals surface area contributed by atoms with Crippen LogP contribution in [-0.4, -0.2) is 47.5 Å². The summed E-state index contributed by atoms with van der Waals surface area (Å²) in [6, 6.07) is 6.37. The van der Waals surface area contributed by atoms with Crippen molar-refractivity contribution in [3.63, 3.8) is 0 Å². The van der Waals surface area contributed by atoms with Crippen LogP contribution < -0.4 is 4.74 Å². The quantitative estimate of drug-likeness (QED) is 0.837. The Bertz CT molecular complexity index is 641. The van der Waals surface area contributed by atoms with E-state index in [1.807, 2.05) is 4.90 Å². The molecule has 24 heavy (non-hydrogen) atoms. The van der Waals surface area contributed by atoms with E-state index >= 15 is 0 Å². The Balaban J connectivity index is 1.63. The van der Waals surface area contributed by atoms with Crippen molar-refractivity contribution in [1.82, 2.24) is 9.80 Å². The molecule has 0 N–H and O–H groups in total. The van der Waals surface area contributed by atoms with Gasteiger partial charge >= 0.3 is 0 Å². The number of hydrogen-bond acceptors (Lipinski definition) is 3. The number of amides is 1. The molecule has 2 aliphatic heterocycles. The molecule has 1 unspecified atom stereocenters. The molecule has 1 spiro atoms. The number of fused-ring (bicyclic) bond motifs is 1. The fourth-order valence-corrected chi connectivity index (χ4v) is 4.25. The lowest BCUT2D eigenvalue weighted by Crippen LogP contribution is -2.57. The predicted octanol–water partition coefficient (Wildman–Crippen LogP) is 2.98. The van der Waals surface area contributed by atoms with Gasteiger partial charge in [-0.15, -0.1) is 0 Å². The van der Waals surface area contributed by atoms with Gasteiger partial charge in [0.25, 0.3) is 0 Å². The van der Waals surface area contributed by atoms with Crippen LogP contribution in [0, 0.1) is 12.8 Å². The highest BCUT2D eigenvalue weighted by molar-refractivity contribution is 5.73. The second-order valence-electron chi connectivity index (χ2n) is 8.05. The molecule has 3 aliphatic rings. The molecule has 2 heterocycles. The average molecular weight is 328 g/mol. The summed E-state index contributed by atoms with van der Waals surface area (Å²) < 4.78 is 6.62. The van der Waals surface area contributed by atoms with Crippen molar-refractivity contribution in [3.05, 3.63) is 29.3 Å². The molecule has 1 aromatic rings. The van der Waals surface area contributed by atoms with Gasteiger partial charge in [-0.2, -0.15) is 0 Å². The molecule has 1 aromatic carbocycles. The normalized spacial score (nSPS) is 27.5. The van der Waals surface area contributed by atoms with E-state index in [1.165, 1.54) is 31.5 Å². The van der Waals surface area contributed by atoms with E-state index in [0.717, 1.165) is 36.6 Å². The van der Waals surface area contributed by atoms with Gasteiger partial charge in [0.1, 0.15) is 11.4 Å². The topological polar surface area (TPSA) is 32.8 Å². The number of likely N-dealkylation sites (tertiary alicyclic amines) is 1. The third kappa shape index (κ3) is 3.30. The molecule has 1 saturated heterocycles. The van der Waals surface area contributed by atoms with Crippen LogP contribution in [0.4, 0.5) is 0 Å². The summed E-state index contributed by atoms with van der Waals surface area (Å²) in [4.78, 5) is 16.7. The van der Waals surface area contributed by atoms with Crippen LogP contribution in [0.3, 0.4) is 0 Å². The molecule has 4 heteroatoms. The van der Waals surface area contributed by atoms with Gasteiger partial charge in [-0.1, -0.05) is 17.7 Å². The molecular formula is C20H28N2O2. The van der Waals surface area contributed by atoms with Gasteiger partial charge in [0, 0.05) is 32.1 Å². The van der Waals surface area contributed by atoms with Crippen molar-refractivity contribution >= 4 is 5.91 Å². The van der Waals surface area contributed by atoms with Crippen LogP contribution in [0.1, 0.15) is 43.7 Å². The maximum Gasteiger partial charge on any atom is 0.219 e. The lowest BCUT2D eigenvalue weighted by molar-refractivity contribution is -0.133. The standard InChI is InChI=1S/C20H28N2O2/c1-15-4-7-19-18(10-15)12-22(16(2)23)14-20(24-19)8-3-9-21(13-20)11-17-5-6-17/h4,7,10,17H,3,5-6,8-9,11-14H2,1-2H3. The van der Waals surface area contributed by atoms with Crippen LogP contribution >= 0.6 is 0 Å². The van der Waals surface area contributed by atoms with Crippen LogP contribution in [0.2, 0.25) is 0 Å². The predicted molar refractivity (Wildman–Crippen MR) is 94.0 cm³/mol. The second kappa shape index (κ2) is 6.07. The fraction of sp³-hybridized carbons (Fsp3) is 0.650. The summed E-state index contributed by atoms with van der Waals surface area (Å²) in [5, 5.41) is 0. The highest BCUT2D eigenvalue weighted by Gasteiger charge is 2.43. The van der Waals surface area contributed by atoms with Gasteiger partial charge in [0.15, 0.2) is 0 Å². The van der Waals surface area contributed by atoms with Gasteiger partial charge in [0.2, 0.25) is 5.91 Å². The van der Waals surface area contributed by atoms with Gasteiger partial charge in [0.05, 0.1) is 6.54 Å². The highest BCUT2D eigenvalue weighted by Crippen LogP contribution is 2.37. The Labute approximate surface area is 144 Å². The summed E-state index contributed by atoms with van der Waals surface area (Å²) in [5.41, 5.74) is 2.11. The SMILES string of the molecule is CC(=O)N1Cc2cc(C)ccc2OC2(CCCN(CC3CC3)C2)C1. The van der Waals surface area contributed by atoms with E-state index in [0.29, 0.717) is 13.1 Å². The number of hydrogen-bond donors (Lipinski definition) is 0. The van der Waals surface area contributed by atoms with Crippen LogP contribution in [0.15, 0.2) is 18.2 Å². The number of carbonyl (C=O) groups excluding carboxylic acids is 1. The first-order valence-electron chi connectivity index (χ1n) is 9.29. The minimum Gasteiger partial charge on any atom is -0.484 e. The lowest BCUT2D eigenvalue weighted by atomic mass is 9.91. The third-order valence-electron chi connectivity index (χ3n) is 5.66. The molecule has 1 atom stereocenters. The summed E-state index contributed by atoms with van der Waals surface area (Å²) >= 11 is 0. The molecule has 2 fully saturated rings. The zero-order valence-electron chi connectivity index (χ0n) is 14.9. The Morgan fingerprint density at radius 2 is 2.17 bits per heavy atom. The summed E-state index contributed by atoms with van der Waals surface area (Å²) in [6.45, 7) is 8.46. The Kier molecular flexibility index (Phi) is 4.03. The van der Waals surface area contributed by atoms with E-state index in [9.17, 15) is 4.79 Å². The maximum atomic E-state index is 12.2. The van der Waals surface area contributed by atoms with Gasteiger partial charge < -0.3 is 9.64 Å². The summed E-state index contributed by atoms with van der Waals surface area (Å²) in [7, 11) is 0. The summed E-state index contributed by atoms with van der Waals surface area (Å²) in [6.07, 6.45) is 4.95. The van der Waals surface area contributed by atoms with Crippen molar-refractivity contribution in [2.24, 2.45) is 5.92 Å². The minimum atomic E-state index is -0.251. The van der Waals surface area contributed by atoms with E-state index in [2.05, 4.69) is 30.0 Å². The average Bonchev–Trinajstić information content (AvgIpc) is 3.34. The number of carbonyl (C=O) groups is 1. The van der Waals surface area contributed by atoms with E-state index < -0.39 is 0 Å².